The van der Waals surface area contributed by atoms with Crippen LogP contribution in [0.1, 0.15) is 11.1 Å². The Kier molecular flexibility index (Phi) is 6.00. The Labute approximate surface area is 151 Å². The number of carbonyl (C=O) groups excluding carboxylic acids is 1. The van der Waals surface area contributed by atoms with E-state index in [1.165, 1.54) is 19.2 Å². The van der Waals surface area contributed by atoms with E-state index in [4.69, 9.17) is 9.47 Å². The number of ether oxygens (including phenoxy) is 2. The Hall–Kier alpha value is -3.29. The summed E-state index contributed by atoms with van der Waals surface area (Å²) in [6.45, 7) is 3.63. The van der Waals surface area contributed by atoms with Gasteiger partial charge in [-0.15, -0.1) is 0 Å². The maximum Gasteiger partial charge on any atom is 0.311 e. The molecule has 0 spiro atoms. The average molecular weight is 359 g/mol. The predicted molar refractivity (Wildman–Crippen MR) is 99.2 cm³/mol. The zero-order chi connectivity index (χ0) is 19.3. The highest BCUT2D eigenvalue weighted by molar-refractivity contribution is 5.95. The number of carbonyl (C=O) groups is 1. The number of hydrogen-bond donors (Lipinski definition) is 2. The van der Waals surface area contributed by atoms with Gasteiger partial charge >= 0.3 is 5.69 Å². The summed E-state index contributed by atoms with van der Waals surface area (Å²) in [5.41, 5.74) is 2.62. The van der Waals surface area contributed by atoms with Crippen molar-refractivity contribution in [3.8, 4) is 11.5 Å². The Morgan fingerprint density at radius 2 is 1.77 bits per heavy atom. The minimum Gasteiger partial charge on any atom is -0.495 e. The molecular weight excluding hydrogens is 338 g/mol. The van der Waals surface area contributed by atoms with Gasteiger partial charge in [-0.25, -0.2) is 0 Å². The van der Waals surface area contributed by atoms with Crippen molar-refractivity contribution in [2.75, 3.05) is 31.4 Å². The Balaban J connectivity index is 2.11. The number of methoxy groups -OCH3 is 2. The highest BCUT2D eigenvalue weighted by atomic mass is 16.6. The van der Waals surface area contributed by atoms with Crippen LogP contribution in [0, 0.1) is 24.0 Å². The fraction of sp³-hybridized carbons (Fsp3) is 0.278. The van der Waals surface area contributed by atoms with E-state index in [2.05, 4.69) is 10.6 Å². The predicted octanol–water partition coefficient (Wildman–Crippen LogP) is 3.28. The van der Waals surface area contributed by atoms with Crippen LogP contribution in [-0.2, 0) is 4.79 Å². The minimum absolute atomic E-state index is 0.0125. The van der Waals surface area contributed by atoms with Crippen LogP contribution in [-0.4, -0.2) is 31.6 Å². The third-order valence-corrected chi connectivity index (χ3v) is 3.79. The van der Waals surface area contributed by atoms with Gasteiger partial charge in [0.1, 0.15) is 5.75 Å². The van der Waals surface area contributed by atoms with Crippen molar-refractivity contribution in [3.63, 3.8) is 0 Å². The third-order valence-electron chi connectivity index (χ3n) is 3.79. The van der Waals surface area contributed by atoms with E-state index in [9.17, 15) is 14.9 Å². The molecule has 138 valence electrons. The second-order valence-corrected chi connectivity index (χ2v) is 5.70. The first kappa shape index (κ1) is 19.0. The molecule has 1 amide bonds. The Morgan fingerprint density at radius 1 is 1.08 bits per heavy atom. The summed E-state index contributed by atoms with van der Waals surface area (Å²) < 4.78 is 10.3. The number of nitro groups is 1. The van der Waals surface area contributed by atoms with E-state index in [-0.39, 0.29) is 23.9 Å². The van der Waals surface area contributed by atoms with Crippen molar-refractivity contribution in [1.29, 1.82) is 0 Å². The van der Waals surface area contributed by atoms with Gasteiger partial charge in [-0.05, 0) is 37.1 Å². The molecule has 8 nitrogen and oxygen atoms in total. The number of benzene rings is 2. The van der Waals surface area contributed by atoms with Crippen molar-refractivity contribution in [2.45, 2.75) is 13.8 Å². The number of nitro benzene ring substituents is 1. The van der Waals surface area contributed by atoms with Crippen LogP contribution in [0.15, 0.2) is 30.3 Å². The zero-order valence-electron chi connectivity index (χ0n) is 15.1. The molecular formula is C18H21N3O5. The molecule has 0 bridgehead atoms. The van der Waals surface area contributed by atoms with Gasteiger partial charge in [0.25, 0.3) is 0 Å². The molecule has 2 rings (SSSR count). The first-order valence-electron chi connectivity index (χ1n) is 7.87. The van der Waals surface area contributed by atoms with E-state index >= 15 is 0 Å². The molecule has 26 heavy (non-hydrogen) atoms. The summed E-state index contributed by atoms with van der Waals surface area (Å²) in [6, 6.07) is 8.42. The lowest BCUT2D eigenvalue weighted by molar-refractivity contribution is -0.385. The summed E-state index contributed by atoms with van der Waals surface area (Å²) in [6.07, 6.45) is 0. The molecule has 2 N–H and O–H groups in total. The van der Waals surface area contributed by atoms with Crippen molar-refractivity contribution >= 4 is 23.0 Å². The first-order chi connectivity index (χ1) is 12.3. The van der Waals surface area contributed by atoms with Gasteiger partial charge < -0.3 is 20.1 Å². The average Bonchev–Trinajstić information content (AvgIpc) is 2.61. The van der Waals surface area contributed by atoms with E-state index in [0.29, 0.717) is 22.7 Å². The van der Waals surface area contributed by atoms with Crippen LogP contribution in [0.3, 0.4) is 0 Å². The molecule has 0 aromatic heterocycles. The summed E-state index contributed by atoms with van der Waals surface area (Å²) in [5, 5.41) is 16.8. The molecule has 0 aliphatic carbocycles. The van der Waals surface area contributed by atoms with Crippen LogP contribution in [0.2, 0.25) is 0 Å². The summed E-state index contributed by atoms with van der Waals surface area (Å²) in [5.74, 6) is 0.424. The number of hydrogen-bond acceptors (Lipinski definition) is 6. The van der Waals surface area contributed by atoms with Gasteiger partial charge in [0.15, 0.2) is 5.75 Å². The van der Waals surface area contributed by atoms with Crippen LogP contribution in [0.5, 0.6) is 11.5 Å². The molecule has 0 saturated heterocycles. The number of nitrogens with zero attached hydrogens (tertiary/aromatic N) is 1. The summed E-state index contributed by atoms with van der Waals surface area (Å²) >= 11 is 0. The molecule has 2 aromatic carbocycles. The SMILES string of the molecule is COc1ccc(C)cc1NCC(=O)Nc1cc(OC)c([N+](=O)[O-])cc1C. The number of aryl methyl sites for hydroxylation is 2. The van der Waals surface area contributed by atoms with Crippen molar-refractivity contribution in [3.05, 3.63) is 51.6 Å². The molecule has 0 radical (unpaired) electrons. The summed E-state index contributed by atoms with van der Waals surface area (Å²) in [7, 11) is 2.90. The number of rotatable bonds is 7. The molecule has 0 fully saturated rings. The minimum atomic E-state index is -0.525. The van der Waals surface area contributed by atoms with Gasteiger partial charge in [-0.1, -0.05) is 6.07 Å². The summed E-state index contributed by atoms with van der Waals surface area (Å²) in [4.78, 5) is 22.8. The van der Waals surface area contributed by atoms with Crippen molar-refractivity contribution < 1.29 is 19.2 Å². The second kappa shape index (κ2) is 8.19. The number of anilines is 2. The lowest BCUT2D eigenvalue weighted by Crippen LogP contribution is -2.22. The van der Waals surface area contributed by atoms with Crippen LogP contribution < -0.4 is 20.1 Å². The van der Waals surface area contributed by atoms with Crippen LogP contribution in [0.25, 0.3) is 0 Å². The van der Waals surface area contributed by atoms with Crippen molar-refractivity contribution in [1.82, 2.24) is 0 Å². The van der Waals surface area contributed by atoms with Gasteiger partial charge in [0, 0.05) is 17.8 Å². The number of amides is 1. The Morgan fingerprint density at radius 3 is 2.38 bits per heavy atom. The molecule has 2 aromatic rings. The molecule has 8 heteroatoms. The smallest absolute Gasteiger partial charge is 0.311 e. The van der Waals surface area contributed by atoms with Gasteiger partial charge in [-0.2, -0.15) is 0 Å². The normalized spacial score (nSPS) is 10.2. The van der Waals surface area contributed by atoms with E-state index in [1.807, 2.05) is 25.1 Å². The molecule has 0 unspecified atom stereocenters. The fourth-order valence-corrected chi connectivity index (χ4v) is 2.44. The lowest BCUT2D eigenvalue weighted by Gasteiger charge is -2.13. The highest BCUT2D eigenvalue weighted by Crippen LogP contribution is 2.32. The van der Waals surface area contributed by atoms with E-state index in [0.717, 1.165) is 5.56 Å². The maximum absolute atomic E-state index is 12.3. The van der Waals surface area contributed by atoms with Gasteiger partial charge in [0.2, 0.25) is 5.91 Å². The topological polar surface area (TPSA) is 103 Å². The van der Waals surface area contributed by atoms with Gasteiger partial charge in [0.05, 0.1) is 31.4 Å². The van der Waals surface area contributed by atoms with Gasteiger partial charge in [-0.3, -0.25) is 14.9 Å². The molecule has 0 atom stereocenters. The van der Waals surface area contributed by atoms with E-state index < -0.39 is 4.92 Å². The highest BCUT2D eigenvalue weighted by Gasteiger charge is 2.18. The fourth-order valence-electron chi connectivity index (χ4n) is 2.44. The van der Waals surface area contributed by atoms with Crippen LogP contribution in [0.4, 0.5) is 17.1 Å². The molecule has 0 saturated carbocycles. The Bertz CT molecular complexity index is 836. The zero-order valence-corrected chi connectivity index (χ0v) is 15.1. The lowest BCUT2D eigenvalue weighted by atomic mass is 10.1. The van der Waals surface area contributed by atoms with Crippen molar-refractivity contribution in [2.24, 2.45) is 0 Å². The largest absolute Gasteiger partial charge is 0.495 e. The van der Waals surface area contributed by atoms with Crippen LogP contribution >= 0.6 is 0 Å². The number of nitrogens with one attached hydrogen (secondary N) is 2. The first-order valence-corrected chi connectivity index (χ1v) is 7.87. The monoisotopic (exact) mass is 359 g/mol. The van der Waals surface area contributed by atoms with E-state index in [1.54, 1.807) is 14.0 Å². The standard InChI is InChI=1S/C18H21N3O5/c1-11-5-6-16(25-3)14(7-11)19-10-18(22)20-13-9-17(26-4)15(21(23)24)8-12(13)2/h5-9,19H,10H2,1-4H3,(H,20,22). The quantitative estimate of drug-likeness (QED) is 0.581. The third kappa shape index (κ3) is 4.41. The second-order valence-electron chi connectivity index (χ2n) is 5.70. The molecule has 0 aliphatic rings. The molecule has 0 heterocycles. The molecule has 0 aliphatic heterocycles. The maximum atomic E-state index is 12.3.